The van der Waals surface area contributed by atoms with Gasteiger partial charge in [-0.05, 0) is 99.7 Å². The van der Waals surface area contributed by atoms with E-state index in [2.05, 4.69) is 77.2 Å². The zero-order valence-corrected chi connectivity index (χ0v) is 26.6. The first-order valence-electron chi connectivity index (χ1n) is 15.0. The summed E-state index contributed by atoms with van der Waals surface area (Å²) in [5.74, 6) is 0.770. The second-order valence-corrected chi connectivity index (χ2v) is 18.3. The number of esters is 1. The number of benzene rings is 4. The van der Waals surface area contributed by atoms with Crippen LogP contribution in [0, 0.1) is 0 Å². The molecule has 0 aromatic heterocycles. The standard InChI is InChI=1S/C37H44O3Si/c1-36(2,3)41(5,6)40-34-20-19-31(25-33(34)37(4)21-11-8-12-22-37)29-15-16-30-24-32(18-17-28(30)23-29)35(38)39-26-27-13-9-7-10-14-27/h7,9-10,13-20,23-25H,8,11-12,21-22,26H2,1-6H3. The molecule has 0 unspecified atom stereocenters. The summed E-state index contributed by atoms with van der Waals surface area (Å²) in [4.78, 5) is 12.7. The molecule has 4 aromatic rings. The Morgan fingerprint density at radius 2 is 1.44 bits per heavy atom. The lowest BCUT2D eigenvalue weighted by Crippen LogP contribution is -2.44. The fourth-order valence-corrected chi connectivity index (χ4v) is 6.69. The van der Waals surface area contributed by atoms with Crippen LogP contribution in [0.5, 0.6) is 5.75 Å². The molecular formula is C37H44O3Si. The largest absolute Gasteiger partial charge is 0.543 e. The van der Waals surface area contributed by atoms with E-state index < -0.39 is 8.32 Å². The van der Waals surface area contributed by atoms with Crippen molar-refractivity contribution in [3.63, 3.8) is 0 Å². The van der Waals surface area contributed by atoms with Crippen molar-refractivity contribution in [1.29, 1.82) is 0 Å². The lowest BCUT2D eigenvalue weighted by atomic mass is 9.70. The van der Waals surface area contributed by atoms with Gasteiger partial charge in [0.2, 0.25) is 8.32 Å². The molecule has 4 aromatic carbocycles. The van der Waals surface area contributed by atoms with Crippen LogP contribution in [0.25, 0.3) is 21.9 Å². The summed E-state index contributed by atoms with van der Waals surface area (Å²) in [6.07, 6.45) is 6.26. The summed E-state index contributed by atoms with van der Waals surface area (Å²) in [6.45, 7) is 14.3. The molecule has 1 aliphatic carbocycles. The van der Waals surface area contributed by atoms with Crippen LogP contribution >= 0.6 is 0 Å². The lowest BCUT2D eigenvalue weighted by Gasteiger charge is -2.40. The highest BCUT2D eigenvalue weighted by Crippen LogP contribution is 2.47. The van der Waals surface area contributed by atoms with Crippen LogP contribution in [0.2, 0.25) is 18.1 Å². The van der Waals surface area contributed by atoms with Gasteiger partial charge in [-0.25, -0.2) is 4.79 Å². The molecule has 4 heteroatoms. The maximum Gasteiger partial charge on any atom is 0.338 e. The minimum atomic E-state index is -1.98. The SMILES string of the molecule is CC1(c2cc(-c3ccc4cc(C(=O)OCc5ccccc5)ccc4c3)ccc2O[Si](C)(C)C(C)(C)C)CCCCC1. The van der Waals surface area contributed by atoms with Crippen molar-refractivity contribution in [2.45, 2.75) is 90.0 Å². The van der Waals surface area contributed by atoms with Crippen molar-refractivity contribution in [3.8, 4) is 16.9 Å². The Bertz CT molecular complexity index is 1530. The van der Waals surface area contributed by atoms with E-state index in [9.17, 15) is 4.79 Å². The van der Waals surface area contributed by atoms with Gasteiger partial charge >= 0.3 is 5.97 Å². The fourth-order valence-electron chi connectivity index (χ4n) is 5.66. The predicted octanol–water partition coefficient (Wildman–Crippen LogP) is 10.5. The van der Waals surface area contributed by atoms with E-state index in [-0.39, 0.29) is 23.0 Å². The quantitative estimate of drug-likeness (QED) is 0.165. The molecule has 41 heavy (non-hydrogen) atoms. The molecule has 214 valence electrons. The van der Waals surface area contributed by atoms with Gasteiger partial charge in [0.05, 0.1) is 5.56 Å². The molecule has 0 radical (unpaired) electrons. The molecule has 3 nitrogen and oxygen atoms in total. The predicted molar refractivity (Wildman–Crippen MR) is 173 cm³/mol. The zero-order chi connectivity index (χ0) is 29.3. The van der Waals surface area contributed by atoms with Crippen molar-refractivity contribution in [2.24, 2.45) is 0 Å². The van der Waals surface area contributed by atoms with Crippen LogP contribution in [0.4, 0.5) is 0 Å². The third-order valence-corrected chi connectivity index (χ3v) is 13.7. The molecule has 5 rings (SSSR count). The third-order valence-electron chi connectivity index (χ3n) is 9.38. The summed E-state index contributed by atoms with van der Waals surface area (Å²) in [5.41, 5.74) is 5.42. The van der Waals surface area contributed by atoms with E-state index in [1.165, 1.54) is 48.8 Å². The normalized spacial score (nSPS) is 15.5. The number of rotatable bonds is 7. The molecule has 1 fully saturated rings. The number of hydrogen-bond donors (Lipinski definition) is 0. The van der Waals surface area contributed by atoms with Crippen molar-refractivity contribution in [2.75, 3.05) is 0 Å². The van der Waals surface area contributed by atoms with Gasteiger partial charge in [-0.3, -0.25) is 0 Å². The summed E-state index contributed by atoms with van der Waals surface area (Å²) in [5, 5.41) is 2.27. The lowest BCUT2D eigenvalue weighted by molar-refractivity contribution is 0.0473. The molecule has 0 heterocycles. The number of carbonyl (C=O) groups is 1. The van der Waals surface area contributed by atoms with E-state index in [0.717, 1.165) is 22.1 Å². The highest BCUT2D eigenvalue weighted by Gasteiger charge is 2.41. The first-order chi connectivity index (χ1) is 19.5. The monoisotopic (exact) mass is 564 g/mol. The highest BCUT2D eigenvalue weighted by atomic mass is 28.4. The van der Waals surface area contributed by atoms with Crippen LogP contribution < -0.4 is 4.43 Å². The maximum atomic E-state index is 12.7. The molecule has 0 saturated heterocycles. The molecule has 0 atom stereocenters. The van der Waals surface area contributed by atoms with Gasteiger partial charge in [0.15, 0.2) is 0 Å². The Hall–Kier alpha value is -3.37. The van der Waals surface area contributed by atoms with Crippen molar-refractivity contribution in [1.82, 2.24) is 0 Å². The van der Waals surface area contributed by atoms with Crippen LogP contribution in [0.15, 0.2) is 84.9 Å². The minimum Gasteiger partial charge on any atom is -0.543 e. The number of hydrogen-bond acceptors (Lipinski definition) is 3. The fraction of sp³-hybridized carbons (Fsp3) is 0.378. The summed E-state index contributed by atoms with van der Waals surface area (Å²) in [7, 11) is -1.98. The van der Waals surface area contributed by atoms with E-state index >= 15 is 0 Å². The van der Waals surface area contributed by atoms with Gasteiger partial charge < -0.3 is 9.16 Å². The molecule has 1 aliphatic rings. The molecule has 0 amide bonds. The van der Waals surface area contributed by atoms with E-state index in [0.29, 0.717) is 5.56 Å². The van der Waals surface area contributed by atoms with E-state index in [4.69, 9.17) is 9.16 Å². The molecule has 1 saturated carbocycles. The molecule has 0 N–H and O–H groups in total. The van der Waals surface area contributed by atoms with Crippen LogP contribution in [0.3, 0.4) is 0 Å². The molecule has 0 spiro atoms. The Morgan fingerprint density at radius 1 is 0.805 bits per heavy atom. The highest BCUT2D eigenvalue weighted by molar-refractivity contribution is 6.74. The summed E-state index contributed by atoms with van der Waals surface area (Å²) in [6, 6.07) is 28.9. The molecule has 0 aliphatic heterocycles. The van der Waals surface area contributed by atoms with Gasteiger partial charge in [0.25, 0.3) is 0 Å². The van der Waals surface area contributed by atoms with Gasteiger partial charge in [0.1, 0.15) is 12.4 Å². The number of ether oxygens (including phenoxy) is 1. The first kappa shape index (κ1) is 29.1. The van der Waals surface area contributed by atoms with Gasteiger partial charge in [-0.15, -0.1) is 0 Å². The Kier molecular flexibility index (Phi) is 8.16. The van der Waals surface area contributed by atoms with Crippen LogP contribution in [-0.2, 0) is 16.8 Å². The van der Waals surface area contributed by atoms with E-state index in [1.807, 2.05) is 48.5 Å². The Labute approximate surface area is 247 Å². The van der Waals surface area contributed by atoms with Gasteiger partial charge in [-0.1, -0.05) is 102 Å². The number of fused-ring (bicyclic) bond motifs is 1. The van der Waals surface area contributed by atoms with E-state index in [1.54, 1.807) is 0 Å². The van der Waals surface area contributed by atoms with Crippen molar-refractivity contribution >= 4 is 25.1 Å². The Morgan fingerprint density at radius 3 is 2.15 bits per heavy atom. The second kappa shape index (κ2) is 11.5. The average molecular weight is 565 g/mol. The van der Waals surface area contributed by atoms with Gasteiger partial charge in [-0.2, -0.15) is 0 Å². The topological polar surface area (TPSA) is 35.5 Å². The second-order valence-electron chi connectivity index (χ2n) is 13.5. The summed E-state index contributed by atoms with van der Waals surface area (Å²) < 4.78 is 12.5. The molecule has 0 bridgehead atoms. The third kappa shape index (κ3) is 6.43. The smallest absolute Gasteiger partial charge is 0.338 e. The van der Waals surface area contributed by atoms with Crippen molar-refractivity contribution < 1.29 is 14.0 Å². The van der Waals surface area contributed by atoms with Crippen molar-refractivity contribution in [3.05, 3.63) is 102 Å². The molecular weight excluding hydrogens is 520 g/mol. The number of carbonyl (C=O) groups excluding carboxylic acids is 1. The Balaban J connectivity index is 1.44. The summed E-state index contributed by atoms with van der Waals surface area (Å²) >= 11 is 0. The van der Waals surface area contributed by atoms with Crippen LogP contribution in [-0.4, -0.2) is 14.3 Å². The first-order valence-corrected chi connectivity index (χ1v) is 17.9. The zero-order valence-electron chi connectivity index (χ0n) is 25.6. The average Bonchev–Trinajstić information content (AvgIpc) is 2.95. The van der Waals surface area contributed by atoms with Crippen LogP contribution in [0.1, 0.15) is 81.3 Å². The van der Waals surface area contributed by atoms with Gasteiger partial charge in [0, 0.05) is 0 Å². The maximum absolute atomic E-state index is 12.7. The minimum absolute atomic E-state index is 0.123.